The van der Waals surface area contributed by atoms with Gasteiger partial charge in [-0.25, -0.2) is 0 Å². The van der Waals surface area contributed by atoms with E-state index in [4.69, 9.17) is 4.52 Å². The average molecular weight is 257 g/mol. The molecule has 1 aliphatic rings. The largest absolute Gasteiger partial charge is 0.339 e. The molecule has 0 aliphatic heterocycles. The van der Waals surface area contributed by atoms with E-state index < -0.39 is 0 Å². The second-order valence-electron chi connectivity index (χ2n) is 5.44. The maximum Gasteiger partial charge on any atom is 0.230 e. The van der Waals surface area contributed by atoms with Crippen molar-refractivity contribution in [2.24, 2.45) is 0 Å². The van der Waals surface area contributed by atoms with Crippen molar-refractivity contribution in [1.82, 2.24) is 15.5 Å². The van der Waals surface area contributed by atoms with Gasteiger partial charge >= 0.3 is 0 Å². The lowest BCUT2D eigenvalue weighted by molar-refractivity contribution is 0.370. The molecular weight excluding hydrogens is 238 g/mol. The fraction of sp³-hybridized carbons (Fsp3) is 0.467. The fourth-order valence-electron chi connectivity index (χ4n) is 2.32. The third-order valence-corrected chi connectivity index (χ3v) is 3.49. The summed E-state index contributed by atoms with van der Waals surface area (Å²) in [4.78, 5) is 4.48. The smallest absolute Gasteiger partial charge is 0.230 e. The van der Waals surface area contributed by atoms with Crippen LogP contribution < -0.4 is 5.32 Å². The maximum atomic E-state index is 5.37. The van der Waals surface area contributed by atoms with Crippen LogP contribution in [0.15, 0.2) is 34.9 Å². The fourth-order valence-corrected chi connectivity index (χ4v) is 2.32. The first-order valence-corrected chi connectivity index (χ1v) is 6.85. The summed E-state index contributed by atoms with van der Waals surface area (Å²) in [6, 6.07) is 11.0. The molecule has 0 saturated heterocycles. The lowest BCUT2D eigenvalue weighted by Crippen LogP contribution is -2.22. The zero-order valence-corrected chi connectivity index (χ0v) is 11.3. The Labute approximate surface area is 113 Å². The number of hydrogen-bond acceptors (Lipinski definition) is 4. The Bertz CT molecular complexity index is 535. The van der Waals surface area contributed by atoms with Crippen LogP contribution in [-0.2, 0) is 6.54 Å². The van der Waals surface area contributed by atoms with Gasteiger partial charge in [-0.05, 0) is 17.9 Å². The number of nitrogens with one attached hydrogen (secondary N) is 1. The molecule has 1 aliphatic carbocycles. The summed E-state index contributed by atoms with van der Waals surface area (Å²) < 4.78 is 5.37. The van der Waals surface area contributed by atoms with E-state index in [-0.39, 0.29) is 0 Å². The number of hydrogen-bond donors (Lipinski definition) is 1. The maximum absolute atomic E-state index is 5.37. The molecule has 1 N–H and O–H groups in total. The number of aromatic nitrogens is 2. The summed E-state index contributed by atoms with van der Waals surface area (Å²) in [6.07, 6.45) is 1.11. The number of rotatable bonds is 5. The van der Waals surface area contributed by atoms with Gasteiger partial charge < -0.3 is 9.84 Å². The molecule has 4 heteroatoms. The zero-order chi connectivity index (χ0) is 13.2. The Kier molecular flexibility index (Phi) is 3.34. The molecule has 1 fully saturated rings. The molecule has 3 rings (SSSR count). The first-order valence-electron chi connectivity index (χ1n) is 6.85. The van der Waals surface area contributed by atoms with Gasteiger partial charge in [-0.15, -0.1) is 0 Å². The molecule has 1 heterocycles. The molecule has 4 nitrogen and oxygen atoms in total. The highest BCUT2D eigenvalue weighted by atomic mass is 16.5. The summed E-state index contributed by atoms with van der Waals surface area (Å²) in [5, 5.41) is 7.32. The molecule has 100 valence electrons. The average Bonchev–Trinajstić information content (AvgIpc) is 3.09. The minimum atomic E-state index is 0.405. The van der Waals surface area contributed by atoms with E-state index in [0.717, 1.165) is 18.1 Å². The van der Waals surface area contributed by atoms with Crippen molar-refractivity contribution in [2.45, 2.75) is 44.7 Å². The summed E-state index contributed by atoms with van der Waals surface area (Å²) in [7, 11) is 0. The molecule has 1 saturated carbocycles. The molecule has 1 aromatic heterocycles. The van der Waals surface area contributed by atoms with Crippen molar-refractivity contribution >= 4 is 0 Å². The Morgan fingerprint density at radius 1 is 1.26 bits per heavy atom. The first-order chi connectivity index (χ1) is 9.24. The molecule has 0 amide bonds. The van der Waals surface area contributed by atoms with Crippen molar-refractivity contribution in [3.63, 3.8) is 0 Å². The van der Waals surface area contributed by atoms with Gasteiger partial charge in [-0.3, -0.25) is 0 Å². The second-order valence-corrected chi connectivity index (χ2v) is 5.44. The zero-order valence-electron chi connectivity index (χ0n) is 11.3. The predicted octanol–water partition coefficient (Wildman–Crippen LogP) is 2.84. The Morgan fingerprint density at radius 3 is 2.79 bits per heavy atom. The van der Waals surface area contributed by atoms with Gasteiger partial charge in [0.05, 0.1) is 6.54 Å². The van der Waals surface area contributed by atoms with E-state index in [1.165, 1.54) is 5.56 Å². The van der Waals surface area contributed by atoms with Crippen molar-refractivity contribution in [3.05, 3.63) is 47.6 Å². The summed E-state index contributed by atoms with van der Waals surface area (Å²) in [5.41, 5.74) is 1.37. The van der Waals surface area contributed by atoms with Crippen molar-refractivity contribution in [3.8, 4) is 0 Å². The van der Waals surface area contributed by atoms with E-state index in [2.05, 4.69) is 53.6 Å². The molecule has 2 unspecified atom stereocenters. The van der Waals surface area contributed by atoms with Crippen molar-refractivity contribution < 1.29 is 4.52 Å². The Balaban J connectivity index is 1.63. The predicted molar refractivity (Wildman–Crippen MR) is 72.8 cm³/mol. The van der Waals surface area contributed by atoms with E-state index >= 15 is 0 Å². The van der Waals surface area contributed by atoms with Gasteiger partial charge in [0.2, 0.25) is 5.89 Å². The highest BCUT2D eigenvalue weighted by Gasteiger charge is 2.43. The van der Waals surface area contributed by atoms with E-state index in [0.29, 0.717) is 24.4 Å². The topological polar surface area (TPSA) is 51.0 Å². The minimum Gasteiger partial charge on any atom is -0.339 e. The van der Waals surface area contributed by atoms with Crippen LogP contribution >= 0.6 is 0 Å². The van der Waals surface area contributed by atoms with Crippen LogP contribution in [-0.4, -0.2) is 16.2 Å². The molecule has 0 bridgehead atoms. The van der Waals surface area contributed by atoms with Gasteiger partial charge in [-0.2, -0.15) is 4.98 Å². The van der Waals surface area contributed by atoms with Crippen LogP contribution in [0.2, 0.25) is 0 Å². The van der Waals surface area contributed by atoms with Crippen molar-refractivity contribution in [1.29, 1.82) is 0 Å². The molecule has 19 heavy (non-hydrogen) atoms. The van der Waals surface area contributed by atoms with Crippen LogP contribution in [0.4, 0.5) is 0 Å². The standard InChI is InChI=1S/C15H19N3O/c1-10(2)16-9-14-17-15(19-18-14)13-8-12(13)11-6-4-3-5-7-11/h3-7,10,12-13,16H,8-9H2,1-2H3. The van der Waals surface area contributed by atoms with Crippen molar-refractivity contribution in [2.75, 3.05) is 0 Å². The van der Waals surface area contributed by atoms with Gasteiger partial charge in [0, 0.05) is 12.0 Å². The molecule has 0 spiro atoms. The monoisotopic (exact) mass is 257 g/mol. The summed E-state index contributed by atoms with van der Waals surface area (Å²) >= 11 is 0. The third-order valence-electron chi connectivity index (χ3n) is 3.49. The summed E-state index contributed by atoms with van der Waals surface area (Å²) in [6.45, 7) is 4.88. The highest BCUT2D eigenvalue weighted by Crippen LogP contribution is 2.53. The Hall–Kier alpha value is -1.68. The van der Waals surface area contributed by atoms with Gasteiger partial charge in [0.1, 0.15) is 0 Å². The lowest BCUT2D eigenvalue weighted by Gasteiger charge is -2.03. The molecule has 0 radical (unpaired) electrons. The highest BCUT2D eigenvalue weighted by molar-refractivity contribution is 5.30. The quantitative estimate of drug-likeness (QED) is 0.895. The van der Waals surface area contributed by atoms with E-state index in [1.54, 1.807) is 0 Å². The Morgan fingerprint density at radius 2 is 2.05 bits per heavy atom. The van der Waals surface area contributed by atoms with E-state index in [9.17, 15) is 0 Å². The number of nitrogens with zero attached hydrogens (tertiary/aromatic N) is 2. The van der Waals surface area contributed by atoms with Gasteiger partial charge in [0.15, 0.2) is 5.82 Å². The molecule has 1 aromatic carbocycles. The van der Waals surface area contributed by atoms with Crippen LogP contribution in [0.25, 0.3) is 0 Å². The second kappa shape index (κ2) is 5.13. The first kappa shape index (κ1) is 12.4. The molecule has 2 aromatic rings. The SMILES string of the molecule is CC(C)NCc1noc(C2CC2c2ccccc2)n1. The van der Waals surface area contributed by atoms with E-state index in [1.807, 2.05) is 6.07 Å². The summed E-state index contributed by atoms with van der Waals surface area (Å²) in [5.74, 6) is 2.49. The van der Waals surface area contributed by atoms with Gasteiger partial charge in [-0.1, -0.05) is 49.3 Å². The normalized spacial score (nSPS) is 21.8. The lowest BCUT2D eigenvalue weighted by atomic mass is 10.1. The third kappa shape index (κ3) is 2.84. The number of benzene rings is 1. The van der Waals surface area contributed by atoms with Crippen LogP contribution in [0, 0.1) is 0 Å². The molecular formula is C15H19N3O. The molecule has 2 atom stereocenters. The van der Waals surface area contributed by atoms with Gasteiger partial charge in [0.25, 0.3) is 0 Å². The minimum absolute atomic E-state index is 0.405. The van der Waals surface area contributed by atoms with Crippen LogP contribution in [0.1, 0.15) is 49.4 Å². The van der Waals surface area contributed by atoms with Crippen LogP contribution in [0.5, 0.6) is 0 Å². The van der Waals surface area contributed by atoms with Crippen LogP contribution in [0.3, 0.4) is 0 Å².